The van der Waals surface area contributed by atoms with Crippen molar-refractivity contribution in [3.8, 4) is 0 Å². The number of fused-ring (bicyclic) bond motifs is 1. The summed E-state index contributed by atoms with van der Waals surface area (Å²) in [5.74, 6) is 0.554. The van der Waals surface area contributed by atoms with Crippen LogP contribution in [0.25, 0.3) is 0 Å². The fraction of sp³-hybridized carbons (Fsp3) is 0.433. The number of hydrogen-bond donors (Lipinski definition) is 1. The van der Waals surface area contributed by atoms with Gasteiger partial charge >= 0.3 is 0 Å². The molecule has 1 amide bonds. The lowest BCUT2D eigenvalue weighted by Crippen LogP contribution is -2.49. The van der Waals surface area contributed by atoms with Gasteiger partial charge in [-0.3, -0.25) is 9.48 Å². The molecule has 0 spiro atoms. The first-order valence-electron chi connectivity index (χ1n) is 13.3. The molecule has 2 aromatic carbocycles. The Morgan fingerprint density at radius 3 is 2.87 bits per heavy atom. The van der Waals surface area contributed by atoms with Crippen LogP contribution in [0.15, 0.2) is 65.9 Å². The number of rotatable bonds is 8. The van der Waals surface area contributed by atoms with Crippen LogP contribution in [0.5, 0.6) is 0 Å². The molecule has 0 bridgehead atoms. The Labute approximate surface area is 233 Å². The number of aryl methyl sites for hydroxylation is 2. The summed E-state index contributed by atoms with van der Waals surface area (Å²) in [6, 6.07) is 14.4. The third kappa shape index (κ3) is 6.10. The van der Waals surface area contributed by atoms with E-state index in [2.05, 4.69) is 17.3 Å². The maximum Gasteiger partial charge on any atom is 0.257 e. The first-order chi connectivity index (χ1) is 18.9. The normalized spacial score (nSPS) is 23.5. The second kappa shape index (κ2) is 12.0. The van der Waals surface area contributed by atoms with Gasteiger partial charge in [0.25, 0.3) is 5.91 Å². The van der Waals surface area contributed by atoms with Gasteiger partial charge in [0.05, 0.1) is 18.9 Å². The lowest BCUT2D eigenvalue weighted by atomic mass is 9.74. The van der Waals surface area contributed by atoms with E-state index in [0.29, 0.717) is 41.0 Å². The van der Waals surface area contributed by atoms with Crippen LogP contribution >= 0.6 is 11.8 Å². The second-order valence-electron chi connectivity index (χ2n) is 10.6. The number of ether oxygens (including phenoxy) is 2. The van der Waals surface area contributed by atoms with Crippen LogP contribution < -0.4 is 5.32 Å². The molecule has 4 atom stereocenters. The first-order valence-corrected chi connectivity index (χ1v) is 14.3. The van der Waals surface area contributed by atoms with E-state index in [1.54, 1.807) is 30.0 Å². The van der Waals surface area contributed by atoms with Crippen LogP contribution in [0, 0.1) is 17.7 Å². The quantitative estimate of drug-likeness (QED) is 0.413. The van der Waals surface area contributed by atoms with E-state index in [1.165, 1.54) is 11.8 Å². The van der Waals surface area contributed by atoms with Gasteiger partial charge in [0.1, 0.15) is 11.4 Å². The molecular weight excluding hydrogens is 515 g/mol. The maximum absolute atomic E-state index is 15.7. The number of hydrogen-bond acceptors (Lipinski definition) is 6. The summed E-state index contributed by atoms with van der Waals surface area (Å²) < 4.78 is 29.1. The molecule has 0 aliphatic carbocycles. The molecule has 39 heavy (non-hydrogen) atoms. The molecule has 3 aromatic rings. The topological polar surface area (TPSA) is 77.7 Å². The standard InChI is InChI=1S/C30H35FN4O3S/c1-20(17-37-3)9-10-21-11-12-26(31)25(13-21)30-19-38-27(23-15-32-35(2)16-23)14-24(30)18-39-29(34-30)33-28(36)22-7-5-4-6-8-22/h4-8,11-13,15-16,20,24,27H,9-10,14,17-19H2,1-3H3,(H,33,34,36)/t20-,24-,27+,30-/m0/s1. The molecule has 1 saturated heterocycles. The van der Waals surface area contributed by atoms with Crippen molar-refractivity contribution >= 4 is 22.8 Å². The van der Waals surface area contributed by atoms with Gasteiger partial charge in [0.15, 0.2) is 5.17 Å². The zero-order valence-electron chi connectivity index (χ0n) is 22.6. The van der Waals surface area contributed by atoms with Crippen molar-refractivity contribution < 1.29 is 18.7 Å². The molecule has 7 nitrogen and oxygen atoms in total. The molecule has 9 heteroatoms. The van der Waals surface area contributed by atoms with E-state index in [1.807, 2.05) is 49.8 Å². The van der Waals surface area contributed by atoms with Crippen LogP contribution in [-0.2, 0) is 28.5 Å². The lowest BCUT2D eigenvalue weighted by Gasteiger charge is -2.46. The predicted molar refractivity (Wildman–Crippen MR) is 151 cm³/mol. The third-order valence-electron chi connectivity index (χ3n) is 7.63. The number of nitrogens with zero attached hydrogens (tertiary/aromatic N) is 3. The zero-order chi connectivity index (χ0) is 27.4. The highest BCUT2D eigenvalue weighted by molar-refractivity contribution is 8.13. The van der Waals surface area contributed by atoms with E-state index in [9.17, 15) is 4.79 Å². The molecule has 0 radical (unpaired) electrons. The maximum atomic E-state index is 15.7. The van der Waals surface area contributed by atoms with Crippen LogP contribution in [-0.4, -0.2) is 46.9 Å². The SMILES string of the molecule is COC[C@@H](C)CCc1ccc(F)c([C@]23CO[C@@H](c4cnn(C)c4)C[C@H]2CSC(NC(=O)c2ccccc2)=N3)c1. The van der Waals surface area contributed by atoms with Crippen molar-refractivity contribution in [1.82, 2.24) is 15.1 Å². The van der Waals surface area contributed by atoms with Gasteiger partial charge in [0, 0.05) is 55.3 Å². The number of thioether (sulfide) groups is 1. The van der Waals surface area contributed by atoms with Gasteiger partial charge in [0.2, 0.25) is 0 Å². The molecule has 0 saturated carbocycles. The molecule has 0 unspecified atom stereocenters. The number of aromatic nitrogens is 2. The molecular formula is C30H35FN4O3S. The van der Waals surface area contributed by atoms with E-state index in [4.69, 9.17) is 14.5 Å². The number of carbonyl (C=O) groups excluding carboxylic acids is 1. The molecule has 2 aliphatic rings. The number of amides is 1. The minimum absolute atomic E-state index is 0.0102. The van der Waals surface area contributed by atoms with Gasteiger partial charge in [-0.25, -0.2) is 9.38 Å². The number of aliphatic imine (C=N–C) groups is 1. The summed E-state index contributed by atoms with van der Waals surface area (Å²) in [5.41, 5.74) is 2.19. The zero-order valence-corrected chi connectivity index (χ0v) is 23.4. The molecule has 1 aromatic heterocycles. The summed E-state index contributed by atoms with van der Waals surface area (Å²) in [5, 5.41) is 7.76. The van der Waals surface area contributed by atoms with Gasteiger partial charge in [-0.05, 0) is 48.9 Å². The van der Waals surface area contributed by atoms with Gasteiger partial charge in [-0.15, -0.1) is 0 Å². The predicted octanol–water partition coefficient (Wildman–Crippen LogP) is 5.28. The minimum atomic E-state index is -0.943. The average Bonchev–Trinajstić information content (AvgIpc) is 3.39. The van der Waals surface area contributed by atoms with Gasteiger partial charge < -0.3 is 14.8 Å². The van der Waals surface area contributed by atoms with E-state index in [0.717, 1.165) is 24.0 Å². The Kier molecular flexibility index (Phi) is 8.49. The summed E-state index contributed by atoms with van der Waals surface area (Å²) in [6.45, 7) is 3.05. The minimum Gasteiger partial charge on any atom is -0.384 e. The monoisotopic (exact) mass is 550 g/mol. The van der Waals surface area contributed by atoms with Crippen LogP contribution in [0.3, 0.4) is 0 Å². The van der Waals surface area contributed by atoms with E-state index >= 15 is 4.39 Å². The van der Waals surface area contributed by atoms with Crippen molar-refractivity contribution in [3.63, 3.8) is 0 Å². The highest BCUT2D eigenvalue weighted by Gasteiger charge is 2.50. The number of carbonyl (C=O) groups is 1. The number of methoxy groups -OCH3 is 1. The van der Waals surface area contributed by atoms with Gasteiger partial charge in [-0.1, -0.05) is 49.0 Å². The molecule has 2 aliphatic heterocycles. The second-order valence-corrected chi connectivity index (χ2v) is 11.6. The summed E-state index contributed by atoms with van der Waals surface area (Å²) in [7, 11) is 3.59. The van der Waals surface area contributed by atoms with E-state index < -0.39 is 5.54 Å². The Bertz CT molecular complexity index is 1330. The average molecular weight is 551 g/mol. The van der Waals surface area contributed by atoms with Crippen LogP contribution in [0.2, 0.25) is 0 Å². The number of halogens is 1. The van der Waals surface area contributed by atoms with Crippen molar-refractivity contribution in [2.75, 3.05) is 26.1 Å². The first kappa shape index (κ1) is 27.6. The van der Waals surface area contributed by atoms with Gasteiger partial charge in [-0.2, -0.15) is 5.10 Å². The Hall–Kier alpha value is -3.01. The smallest absolute Gasteiger partial charge is 0.257 e. The van der Waals surface area contributed by atoms with E-state index in [-0.39, 0.29) is 30.4 Å². The summed E-state index contributed by atoms with van der Waals surface area (Å²) >= 11 is 1.50. The number of amidine groups is 1. The Morgan fingerprint density at radius 1 is 1.31 bits per heavy atom. The lowest BCUT2D eigenvalue weighted by molar-refractivity contribution is -0.0588. The Morgan fingerprint density at radius 2 is 2.13 bits per heavy atom. The molecule has 206 valence electrons. The summed E-state index contributed by atoms with van der Waals surface area (Å²) in [6.07, 6.45) is 6.07. The summed E-state index contributed by atoms with van der Waals surface area (Å²) in [4.78, 5) is 18.0. The Balaban J connectivity index is 1.48. The molecule has 3 heterocycles. The van der Waals surface area contributed by atoms with Crippen LogP contribution in [0.4, 0.5) is 4.39 Å². The van der Waals surface area contributed by atoms with Crippen LogP contribution in [0.1, 0.15) is 52.9 Å². The number of nitrogens with one attached hydrogen (secondary N) is 1. The fourth-order valence-electron chi connectivity index (χ4n) is 5.45. The van der Waals surface area contributed by atoms with Crippen molar-refractivity contribution in [2.45, 2.75) is 37.8 Å². The number of benzene rings is 2. The van der Waals surface area contributed by atoms with Crippen molar-refractivity contribution in [2.24, 2.45) is 23.9 Å². The fourth-order valence-corrected chi connectivity index (χ4v) is 6.61. The highest BCUT2D eigenvalue weighted by atomic mass is 32.2. The van der Waals surface area contributed by atoms with Crippen molar-refractivity contribution in [3.05, 3.63) is 89.0 Å². The molecule has 1 N–H and O–H groups in total. The largest absolute Gasteiger partial charge is 0.384 e. The third-order valence-corrected chi connectivity index (χ3v) is 8.66. The molecule has 5 rings (SSSR count). The molecule has 1 fully saturated rings. The van der Waals surface area contributed by atoms with Crippen molar-refractivity contribution in [1.29, 1.82) is 0 Å². The highest BCUT2D eigenvalue weighted by Crippen LogP contribution is 2.50.